The van der Waals surface area contributed by atoms with E-state index in [-0.39, 0.29) is 5.56 Å². The van der Waals surface area contributed by atoms with Gasteiger partial charge in [0, 0.05) is 31.9 Å². The molecule has 1 rings (SSSR count). The molecule has 0 fully saturated rings. The first kappa shape index (κ1) is 13.3. The molecule has 0 bridgehead atoms. The number of nitrogens with zero attached hydrogens (tertiary/aromatic N) is 1. The van der Waals surface area contributed by atoms with Crippen LogP contribution < -0.4 is 0 Å². The van der Waals surface area contributed by atoms with E-state index in [0.717, 1.165) is 12.1 Å². The summed E-state index contributed by atoms with van der Waals surface area (Å²) in [6.45, 7) is 0. The third-order valence-corrected chi connectivity index (χ3v) is 2.02. The number of carbonyl (C=O) groups excluding carboxylic acids is 1. The van der Waals surface area contributed by atoms with Crippen LogP contribution in [0.4, 0.5) is 13.2 Å². The first-order valence-electron chi connectivity index (χ1n) is 4.87. The van der Waals surface area contributed by atoms with Crippen molar-refractivity contribution in [2.75, 3.05) is 14.1 Å². The van der Waals surface area contributed by atoms with Crippen LogP contribution in [0.25, 0.3) is 0 Å². The number of hydrogen-bond donors (Lipinski definition) is 0. The van der Waals surface area contributed by atoms with E-state index in [1.165, 1.54) is 24.4 Å². The number of ketones is 1. The van der Waals surface area contributed by atoms with Gasteiger partial charge in [0.15, 0.2) is 5.78 Å². The number of benzene rings is 1. The van der Waals surface area contributed by atoms with Gasteiger partial charge in [0.05, 0.1) is 5.56 Å². The molecule has 0 radical (unpaired) electrons. The molecule has 92 valence electrons. The second kappa shape index (κ2) is 5.03. The summed E-state index contributed by atoms with van der Waals surface area (Å²) in [5.41, 5.74) is -1.24. The highest BCUT2D eigenvalue weighted by Gasteiger charge is 2.34. The molecular weight excluding hydrogens is 231 g/mol. The summed E-state index contributed by atoms with van der Waals surface area (Å²) in [7, 11) is 3.36. The smallest absolute Gasteiger partial charge is 0.383 e. The molecule has 0 unspecified atom stereocenters. The van der Waals surface area contributed by atoms with Crippen molar-refractivity contribution < 1.29 is 18.0 Å². The summed E-state index contributed by atoms with van der Waals surface area (Å²) in [5, 5.41) is 0. The Balaban J connectivity index is 3.10. The summed E-state index contributed by atoms with van der Waals surface area (Å²) < 4.78 is 37.9. The Kier molecular flexibility index (Phi) is 3.93. The van der Waals surface area contributed by atoms with Gasteiger partial charge in [0.25, 0.3) is 0 Å². The SMILES string of the molecule is CN(C)C=CC(=O)c1ccccc1C(F)(F)F. The Morgan fingerprint density at radius 3 is 2.35 bits per heavy atom. The van der Waals surface area contributed by atoms with Crippen molar-refractivity contribution in [3.05, 3.63) is 47.7 Å². The Hall–Kier alpha value is -1.78. The van der Waals surface area contributed by atoms with E-state index in [9.17, 15) is 18.0 Å². The summed E-state index contributed by atoms with van der Waals surface area (Å²) >= 11 is 0. The van der Waals surface area contributed by atoms with E-state index in [4.69, 9.17) is 0 Å². The van der Waals surface area contributed by atoms with Crippen LogP contribution in [0.15, 0.2) is 36.5 Å². The Morgan fingerprint density at radius 1 is 1.24 bits per heavy atom. The predicted octanol–water partition coefficient (Wildman–Crippen LogP) is 2.96. The molecule has 17 heavy (non-hydrogen) atoms. The second-order valence-electron chi connectivity index (χ2n) is 3.69. The van der Waals surface area contributed by atoms with Gasteiger partial charge in [-0.2, -0.15) is 13.2 Å². The molecule has 0 atom stereocenters. The molecule has 0 saturated heterocycles. The lowest BCUT2D eigenvalue weighted by Crippen LogP contribution is -2.12. The van der Waals surface area contributed by atoms with Crippen LogP contribution >= 0.6 is 0 Å². The van der Waals surface area contributed by atoms with E-state index < -0.39 is 17.5 Å². The number of hydrogen-bond acceptors (Lipinski definition) is 2. The van der Waals surface area contributed by atoms with E-state index in [0.29, 0.717) is 0 Å². The average Bonchev–Trinajstić information content (AvgIpc) is 2.24. The molecule has 0 saturated carbocycles. The fourth-order valence-corrected chi connectivity index (χ4v) is 1.25. The molecular formula is C12H12F3NO. The predicted molar refractivity (Wildman–Crippen MR) is 58.6 cm³/mol. The maximum atomic E-state index is 12.6. The molecule has 0 heterocycles. The first-order chi connectivity index (χ1) is 7.82. The van der Waals surface area contributed by atoms with E-state index in [1.54, 1.807) is 19.0 Å². The number of carbonyl (C=O) groups is 1. The van der Waals surface area contributed by atoms with Crippen LogP contribution in [-0.4, -0.2) is 24.8 Å². The van der Waals surface area contributed by atoms with Crippen molar-refractivity contribution >= 4 is 5.78 Å². The molecule has 0 aliphatic carbocycles. The van der Waals surface area contributed by atoms with Crippen molar-refractivity contribution in [1.82, 2.24) is 4.90 Å². The summed E-state index contributed by atoms with van der Waals surface area (Å²) in [6, 6.07) is 4.74. The maximum absolute atomic E-state index is 12.6. The van der Waals surface area contributed by atoms with Gasteiger partial charge in [0.2, 0.25) is 0 Å². The zero-order valence-electron chi connectivity index (χ0n) is 9.45. The molecule has 5 heteroatoms. The molecule has 0 amide bonds. The third-order valence-electron chi connectivity index (χ3n) is 2.02. The van der Waals surface area contributed by atoms with Gasteiger partial charge in [-0.3, -0.25) is 4.79 Å². The molecule has 0 spiro atoms. The van der Waals surface area contributed by atoms with Gasteiger partial charge < -0.3 is 4.90 Å². The van der Waals surface area contributed by atoms with Gasteiger partial charge >= 0.3 is 6.18 Å². The fraction of sp³-hybridized carbons (Fsp3) is 0.250. The van der Waals surface area contributed by atoms with Crippen molar-refractivity contribution in [2.45, 2.75) is 6.18 Å². The molecule has 0 aliphatic heterocycles. The molecule has 0 aliphatic rings. The molecule has 1 aromatic rings. The Labute approximate surface area is 97.3 Å². The van der Waals surface area contributed by atoms with E-state index in [2.05, 4.69) is 0 Å². The van der Waals surface area contributed by atoms with Gasteiger partial charge in [-0.1, -0.05) is 18.2 Å². The summed E-state index contributed by atoms with van der Waals surface area (Å²) in [6.07, 6.45) is -1.99. The maximum Gasteiger partial charge on any atom is 0.417 e. The van der Waals surface area contributed by atoms with Crippen LogP contribution in [-0.2, 0) is 6.18 Å². The minimum atomic E-state index is -4.52. The van der Waals surface area contributed by atoms with Crippen molar-refractivity contribution in [2.24, 2.45) is 0 Å². The molecule has 2 nitrogen and oxygen atoms in total. The number of allylic oxidation sites excluding steroid dienone is 1. The monoisotopic (exact) mass is 243 g/mol. The normalized spacial score (nSPS) is 11.8. The highest BCUT2D eigenvalue weighted by molar-refractivity contribution is 6.05. The zero-order chi connectivity index (χ0) is 13.1. The number of alkyl halides is 3. The van der Waals surface area contributed by atoms with Crippen LogP contribution in [0, 0.1) is 0 Å². The molecule has 0 aromatic heterocycles. The van der Waals surface area contributed by atoms with Gasteiger partial charge in [-0.25, -0.2) is 0 Å². The highest BCUT2D eigenvalue weighted by atomic mass is 19.4. The van der Waals surface area contributed by atoms with Crippen LogP contribution in [0.1, 0.15) is 15.9 Å². The summed E-state index contributed by atoms with van der Waals surface area (Å²) in [5.74, 6) is -0.661. The zero-order valence-corrected chi connectivity index (χ0v) is 9.45. The average molecular weight is 243 g/mol. The highest BCUT2D eigenvalue weighted by Crippen LogP contribution is 2.32. The fourth-order valence-electron chi connectivity index (χ4n) is 1.25. The van der Waals surface area contributed by atoms with Gasteiger partial charge in [0.1, 0.15) is 0 Å². The van der Waals surface area contributed by atoms with Crippen molar-refractivity contribution in [3.63, 3.8) is 0 Å². The lowest BCUT2D eigenvalue weighted by atomic mass is 10.0. The largest absolute Gasteiger partial charge is 0.417 e. The first-order valence-corrected chi connectivity index (χ1v) is 4.87. The quantitative estimate of drug-likeness (QED) is 0.601. The standard InChI is InChI=1S/C12H12F3NO/c1-16(2)8-7-11(17)9-5-3-4-6-10(9)12(13,14)15/h3-8H,1-2H3. The Morgan fingerprint density at radius 2 is 1.82 bits per heavy atom. The van der Waals surface area contributed by atoms with Crippen LogP contribution in [0.2, 0.25) is 0 Å². The molecule has 1 aromatic carbocycles. The van der Waals surface area contributed by atoms with Gasteiger partial charge in [-0.15, -0.1) is 0 Å². The van der Waals surface area contributed by atoms with Crippen molar-refractivity contribution in [1.29, 1.82) is 0 Å². The van der Waals surface area contributed by atoms with Crippen LogP contribution in [0.3, 0.4) is 0 Å². The van der Waals surface area contributed by atoms with Crippen LogP contribution in [0.5, 0.6) is 0 Å². The summed E-state index contributed by atoms with van der Waals surface area (Å²) in [4.78, 5) is 13.2. The topological polar surface area (TPSA) is 20.3 Å². The minimum Gasteiger partial charge on any atom is -0.383 e. The van der Waals surface area contributed by atoms with Crippen molar-refractivity contribution in [3.8, 4) is 0 Å². The van der Waals surface area contributed by atoms with E-state index >= 15 is 0 Å². The third kappa shape index (κ3) is 3.62. The minimum absolute atomic E-state index is 0.335. The number of rotatable bonds is 3. The second-order valence-corrected chi connectivity index (χ2v) is 3.69. The lowest BCUT2D eigenvalue weighted by molar-refractivity contribution is -0.137. The lowest BCUT2D eigenvalue weighted by Gasteiger charge is -2.10. The van der Waals surface area contributed by atoms with Gasteiger partial charge in [-0.05, 0) is 6.07 Å². The number of halogens is 3. The Bertz CT molecular complexity index is 436. The van der Waals surface area contributed by atoms with E-state index in [1.807, 2.05) is 0 Å². The molecule has 0 N–H and O–H groups in total.